The molecule has 0 spiro atoms. The Balaban J connectivity index is 2.11. The second-order valence-electron chi connectivity index (χ2n) is 5.52. The molecule has 1 aliphatic heterocycles. The minimum Gasteiger partial charge on any atom is -0.482 e. The molecule has 0 radical (unpaired) electrons. The topological polar surface area (TPSA) is 84.9 Å². The smallest absolute Gasteiger partial charge is 0.326 e. The van der Waals surface area contributed by atoms with Crippen LogP contribution in [-0.2, 0) is 9.59 Å². The van der Waals surface area contributed by atoms with Crippen molar-refractivity contribution in [3.8, 4) is 11.5 Å². The predicted octanol–water partition coefficient (Wildman–Crippen LogP) is 1.83. The fraction of sp³-hybridized carbons (Fsp3) is 0.500. The van der Waals surface area contributed by atoms with Crippen LogP contribution < -0.4 is 14.8 Å². The first-order chi connectivity index (χ1) is 10.4. The zero-order valence-corrected chi connectivity index (χ0v) is 12.9. The fourth-order valence-corrected chi connectivity index (χ4v) is 2.32. The first kappa shape index (κ1) is 16.1. The van der Waals surface area contributed by atoms with Crippen molar-refractivity contribution in [1.29, 1.82) is 0 Å². The summed E-state index contributed by atoms with van der Waals surface area (Å²) < 4.78 is 11.3. The Morgan fingerprint density at radius 2 is 1.86 bits per heavy atom. The molecule has 0 fully saturated rings. The van der Waals surface area contributed by atoms with E-state index in [1.807, 2.05) is 13.0 Å². The molecule has 0 aliphatic carbocycles. The van der Waals surface area contributed by atoms with E-state index >= 15 is 0 Å². The Hall–Kier alpha value is -2.24. The number of fused-ring (bicyclic) bond motifs is 1. The zero-order valence-electron chi connectivity index (χ0n) is 12.9. The summed E-state index contributed by atoms with van der Waals surface area (Å²) in [6, 6.07) is 6.14. The van der Waals surface area contributed by atoms with Crippen molar-refractivity contribution in [3.63, 3.8) is 0 Å². The Morgan fingerprint density at radius 3 is 2.41 bits per heavy atom. The van der Waals surface area contributed by atoms with Crippen LogP contribution in [0.4, 0.5) is 0 Å². The summed E-state index contributed by atoms with van der Waals surface area (Å²) >= 11 is 0. The molecule has 6 heteroatoms. The molecule has 2 rings (SSSR count). The van der Waals surface area contributed by atoms with Gasteiger partial charge in [-0.25, -0.2) is 4.79 Å². The molecule has 4 unspecified atom stereocenters. The number of benzene rings is 1. The maximum atomic E-state index is 12.4. The van der Waals surface area contributed by atoms with E-state index < -0.39 is 30.1 Å². The van der Waals surface area contributed by atoms with Gasteiger partial charge >= 0.3 is 5.97 Å². The molecule has 1 aromatic rings. The molecule has 0 saturated heterocycles. The summed E-state index contributed by atoms with van der Waals surface area (Å²) in [6.07, 6.45) is -0.723. The van der Waals surface area contributed by atoms with Crippen LogP contribution in [0.3, 0.4) is 0 Å². The highest BCUT2D eigenvalue weighted by molar-refractivity contribution is 5.87. The van der Waals surface area contributed by atoms with Crippen LogP contribution in [-0.4, -0.2) is 35.2 Å². The van der Waals surface area contributed by atoms with Gasteiger partial charge in [-0.2, -0.15) is 0 Å². The third kappa shape index (κ3) is 3.32. The molecule has 1 aliphatic rings. The monoisotopic (exact) mass is 307 g/mol. The first-order valence-electron chi connectivity index (χ1n) is 7.39. The van der Waals surface area contributed by atoms with Gasteiger partial charge in [0.15, 0.2) is 11.5 Å². The maximum Gasteiger partial charge on any atom is 0.326 e. The maximum absolute atomic E-state index is 12.4. The number of hydrogen-bond acceptors (Lipinski definition) is 4. The van der Waals surface area contributed by atoms with Crippen molar-refractivity contribution in [1.82, 2.24) is 5.32 Å². The molecule has 2 N–H and O–H groups in total. The lowest BCUT2D eigenvalue weighted by Crippen LogP contribution is -2.54. The van der Waals surface area contributed by atoms with Gasteiger partial charge in [-0.05, 0) is 25.0 Å². The minimum atomic E-state index is -1.05. The second kappa shape index (κ2) is 6.68. The van der Waals surface area contributed by atoms with Gasteiger partial charge in [0.25, 0.3) is 5.91 Å². The number of carbonyl (C=O) groups is 2. The van der Waals surface area contributed by atoms with Gasteiger partial charge < -0.3 is 19.9 Å². The van der Waals surface area contributed by atoms with Gasteiger partial charge in [0.05, 0.1) is 0 Å². The van der Waals surface area contributed by atoms with Gasteiger partial charge in [-0.3, -0.25) is 4.79 Å². The number of carboxylic acid groups (broad SMARTS) is 1. The van der Waals surface area contributed by atoms with Gasteiger partial charge in [0, 0.05) is 0 Å². The van der Waals surface area contributed by atoms with Crippen LogP contribution in [0.15, 0.2) is 24.3 Å². The van der Waals surface area contributed by atoms with Crippen molar-refractivity contribution in [2.75, 3.05) is 0 Å². The quantitative estimate of drug-likeness (QED) is 0.867. The normalized spacial score (nSPS) is 22.5. The minimum absolute atomic E-state index is 0.173. The average molecular weight is 307 g/mol. The lowest BCUT2D eigenvalue weighted by Gasteiger charge is -2.32. The lowest BCUT2D eigenvalue weighted by molar-refractivity contribution is -0.146. The third-order valence-electron chi connectivity index (χ3n) is 3.88. The van der Waals surface area contributed by atoms with Crippen molar-refractivity contribution >= 4 is 11.9 Å². The Kier molecular flexibility index (Phi) is 4.90. The van der Waals surface area contributed by atoms with Gasteiger partial charge in [-0.1, -0.05) is 32.4 Å². The van der Waals surface area contributed by atoms with Crippen LogP contribution >= 0.6 is 0 Å². The molecule has 1 aromatic carbocycles. The van der Waals surface area contributed by atoms with E-state index in [0.717, 1.165) is 0 Å². The summed E-state index contributed by atoms with van der Waals surface area (Å²) in [5.74, 6) is -0.636. The molecule has 22 heavy (non-hydrogen) atoms. The highest BCUT2D eigenvalue weighted by Gasteiger charge is 2.36. The van der Waals surface area contributed by atoms with Crippen LogP contribution in [0.1, 0.15) is 27.2 Å². The van der Waals surface area contributed by atoms with E-state index in [4.69, 9.17) is 9.47 Å². The lowest BCUT2D eigenvalue weighted by atomic mass is 9.98. The first-order valence-corrected chi connectivity index (χ1v) is 7.39. The zero-order chi connectivity index (χ0) is 16.3. The van der Waals surface area contributed by atoms with Crippen molar-refractivity contribution in [2.24, 2.45) is 5.92 Å². The van der Waals surface area contributed by atoms with Gasteiger partial charge in [-0.15, -0.1) is 0 Å². The molecule has 0 saturated carbocycles. The second-order valence-corrected chi connectivity index (χ2v) is 5.52. The van der Waals surface area contributed by atoms with E-state index in [2.05, 4.69) is 5.32 Å². The van der Waals surface area contributed by atoms with E-state index in [9.17, 15) is 14.7 Å². The molecule has 120 valence electrons. The Labute approximate surface area is 129 Å². The molecule has 0 aromatic heterocycles. The highest BCUT2D eigenvalue weighted by Crippen LogP contribution is 2.33. The van der Waals surface area contributed by atoms with Crippen LogP contribution in [0.5, 0.6) is 11.5 Å². The SMILES string of the molecule is CCC(C)C(NC(=O)C1Oc2ccccc2OC1C)C(=O)O. The molecular weight excluding hydrogens is 286 g/mol. The van der Waals surface area contributed by atoms with E-state index in [1.54, 1.807) is 32.0 Å². The standard InChI is InChI=1S/C16H21NO5/c1-4-9(2)13(16(19)20)17-15(18)14-10(3)21-11-7-5-6-8-12(11)22-14/h5-10,13-14H,4H2,1-3H3,(H,17,18)(H,19,20). The van der Waals surface area contributed by atoms with Crippen LogP contribution in [0.25, 0.3) is 0 Å². The number of aliphatic carboxylic acids is 1. The van der Waals surface area contributed by atoms with E-state index in [-0.39, 0.29) is 5.92 Å². The molecule has 1 heterocycles. The fourth-order valence-electron chi connectivity index (χ4n) is 2.32. The van der Waals surface area contributed by atoms with Gasteiger partial charge in [0.1, 0.15) is 12.1 Å². The number of rotatable bonds is 5. The Morgan fingerprint density at radius 1 is 1.27 bits per heavy atom. The number of nitrogens with one attached hydrogen (secondary N) is 1. The molecule has 0 bridgehead atoms. The van der Waals surface area contributed by atoms with Crippen molar-refractivity contribution < 1.29 is 24.2 Å². The summed E-state index contributed by atoms with van der Waals surface area (Å²) in [5.41, 5.74) is 0. The molecule has 6 nitrogen and oxygen atoms in total. The summed E-state index contributed by atoms with van der Waals surface area (Å²) in [6.45, 7) is 5.39. The number of ether oxygens (including phenoxy) is 2. The Bertz CT molecular complexity index is 559. The highest BCUT2D eigenvalue weighted by atomic mass is 16.6. The third-order valence-corrected chi connectivity index (χ3v) is 3.88. The van der Waals surface area contributed by atoms with E-state index in [1.165, 1.54) is 0 Å². The average Bonchev–Trinajstić information content (AvgIpc) is 2.50. The number of amides is 1. The largest absolute Gasteiger partial charge is 0.482 e. The molecule has 1 amide bonds. The van der Waals surface area contributed by atoms with Gasteiger partial charge in [0.2, 0.25) is 6.10 Å². The number of carboxylic acids is 1. The number of hydrogen-bond donors (Lipinski definition) is 2. The number of carbonyl (C=O) groups excluding carboxylic acids is 1. The summed E-state index contributed by atoms with van der Waals surface area (Å²) in [4.78, 5) is 23.7. The van der Waals surface area contributed by atoms with Crippen molar-refractivity contribution in [3.05, 3.63) is 24.3 Å². The summed E-state index contributed by atoms with van der Waals surface area (Å²) in [7, 11) is 0. The van der Waals surface area contributed by atoms with Crippen LogP contribution in [0.2, 0.25) is 0 Å². The molecule has 4 atom stereocenters. The van der Waals surface area contributed by atoms with E-state index in [0.29, 0.717) is 17.9 Å². The molecular formula is C16H21NO5. The number of para-hydroxylation sites is 2. The van der Waals surface area contributed by atoms with Crippen LogP contribution in [0, 0.1) is 5.92 Å². The summed E-state index contributed by atoms with van der Waals surface area (Å²) in [5, 5.41) is 11.8. The van der Waals surface area contributed by atoms with Crippen molar-refractivity contribution in [2.45, 2.75) is 45.4 Å². The predicted molar refractivity (Wildman–Crippen MR) is 80.0 cm³/mol.